The average molecular weight is 359 g/mol. The molecule has 1 atom stereocenters. The molecule has 138 valence electrons. The van der Waals surface area contributed by atoms with Crippen molar-refractivity contribution in [2.45, 2.75) is 20.0 Å². The largest absolute Gasteiger partial charge is 0.507 e. The molecule has 0 radical (unpaired) electrons. The van der Waals surface area contributed by atoms with E-state index in [4.69, 9.17) is 14.2 Å². The predicted molar refractivity (Wildman–Crippen MR) is 95.9 cm³/mol. The minimum Gasteiger partial charge on any atom is -0.507 e. The molecule has 0 heterocycles. The fraction of sp³-hybridized carbons (Fsp3) is 0.263. The number of anilines is 1. The number of phenolic OH excluding ortho intramolecular Hbond substituents is 1. The summed E-state index contributed by atoms with van der Waals surface area (Å²) >= 11 is 0. The van der Waals surface area contributed by atoms with E-state index in [0.717, 1.165) is 5.56 Å². The molecule has 0 saturated carbocycles. The highest BCUT2D eigenvalue weighted by Crippen LogP contribution is 2.26. The summed E-state index contributed by atoms with van der Waals surface area (Å²) in [5.74, 6) is -0.728. The Balaban J connectivity index is 2.07. The van der Waals surface area contributed by atoms with Crippen LogP contribution >= 0.6 is 0 Å². The van der Waals surface area contributed by atoms with Crippen molar-refractivity contribution in [2.24, 2.45) is 0 Å². The maximum absolute atomic E-state index is 12.3. The van der Waals surface area contributed by atoms with E-state index in [1.165, 1.54) is 39.3 Å². The van der Waals surface area contributed by atoms with Gasteiger partial charge in [-0.05, 0) is 43.7 Å². The molecule has 0 saturated heterocycles. The lowest BCUT2D eigenvalue weighted by Crippen LogP contribution is -2.30. The number of esters is 1. The molecular weight excluding hydrogens is 338 g/mol. The van der Waals surface area contributed by atoms with Crippen LogP contribution in [0, 0.1) is 6.92 Å². The average Bonchev–Trinajstić information content (AvgIpc) is 2.61. The van der Waals surface area contributed by atoms with E-state index in [9.17, 15) is 14.7 Å². The van der Waals surface area contributed by atoms with Crippen molar-refractivity contribution in [1.82, 2.24) is 0 Å². The molecule has 2 aromatic rings. The fourth-order valence-corrected chi connectivity index (χ4v) is 2.24. The number of phenols is 1. The van der Waals surface area contributed by atoms with Crippen LogP contribution < -0.4 is 14.8 Å². The first-order valence-electron chi connectivity index (χ1n) is 7.89. The van der Waals surface area contributed by atoms with Crippen molar-refractivity contribution in [3.05, 3.63) is 47.5 Å². The van der Waals surface area contributed by atoms with Crippen LogP contribution in [0.2, 0.25) is 0 Å². The normalized spacial score (nSPS) is 11.4. The van der Waals surface area contributed by atoms with Gasteiger partial charge in [-0.3, -0.25) is 4.79 Å². The molecule has 0 fully saturated rings. The second-order valence-electron chi connectivity index (χ2n) is 5.62. The molecule has 7 heteroatoms. The van der Waals surface area contributed by atoms with Crippen LogP contribution in [0.3, 0.4) is 0 Å². The summed E-state index contributed by atoms with van der Waals surface area (Å²) in [6, 6.07) is 9.50. The fourth-order valence-electron chi connectivity index (χ4n) is 2.24. The van der Waals surface area contributed by atoms with E-state index >= 15 is 0 Å². The summed E-state index contributed by atoms with van der Waals surface area (Å²) in [7, 11) is 2.94. The second-order valence-corrected chi connectivity index (χ2v) is 5.62. The topological polar surface area (TPSA) is 94.1 Å². The third kappa shape index (κ3) is 4.44. The Labute approximate surface area is 151 Å². The smallest absolute Gasteiger partial charge is 0.342 e. The first-order valence-corrected chi connectivity index (χ1v) is 7.89. The monoisotopic (exact) mass is 359 g/mol. The molecule has 0 spiro atoms. The Morgan fingerprint density at radius 1 is 1.08 bits per heavy atom. The van der Waals surface area contributed by atoms with E-state index in [0.29, 0.717) is 17.2 Å². The molecule has 0 aliphatic heterocycles. The molecule has 26 heavy (non-hydrogen) atoms. The van der Waals surface area contributed by atoms with E-state index in [-0.39, 0.29) is 11.3 Å². The van der Waals surface area contributed by atoms with Crippen LogP contribution in [-0.2, 0) is 9.53 Å². The van der Waals surface area contributed by atoms with Crippen LogP contribution in [0.25, 0.3) is 0 Å². The highest BCUT2D eigenvalue weighted by Gasteiger charge is 2.22. The second kappa shape index (κ2) is 8.24. The lowest BCUT2D eigenvalue weighted by Gasteiger charge is -2.16. The van der Waals surface area contributed by atoms with Crippen LogP contribution in [0.1, 0.15) is 22.8 Å². The maximum atomic E-state index is 12.3. The minimum absolute atomic E-state index is 0.0569. The molecule has 0 aliphatic rings. The zero-order valence-electron chi connectivity index (χ0n) is 15.0. The third-order valence-electron chi connectivity index (χ3n) is 3.69. The molecule has 1 amide bonds. The number of nitrogens with one attached hydrogen (secondary N) is 1. The molecule has 7 nitrogen and oxygen atoms in total. The Morgan fingerprint density at radius 3 is 2.42 bits per heavy atom. The Bertz CT molecular complexity index is 818. The Hall–Kier alpha value is -3.22. The van der Waals surface area contributed by atoms with Gasteiger partial charge in [-0.15, -0.1) is 0 Å². The number of carbonyl (C=O) groups is 2. The van der Waals surface area contributed by atoms with Crippen molar-refractivity contribution >= 4 is 17.6 Å². The summed E-state index contributed by atoms with van der Waals surface area (Å²) in [6.07, 6.45) is -1.07. The number of carbonyl (C=O) groups excluding carboxylic acids is 2. The summed E-state index contributed by atoms with van der Waals surface area (Å²) in [5, 5.41) is 12.5. The van der Waals surface area contributed by atoms with Crippen molar-refractivity contribution in [2.75, 3.05) is 19.5 Å². The van der Waals surface area contributed by atoms with E-state index in [2.05, 4.69) is 5.32 Å². The number of aryl methyl sites for hydroxylation is 1. The minimum atomic E-state index is -1.07. The number of hydrogen-bond acceptors (Lipinski definition) is 6. The quantitative estimate of drug-likeness (QED) is 0.770. The Kier molecular flexibility index (Phi) is 6.06. The molecule has 0 unspecified atom stereocenters. The molecule has 2 N–H and O–H groups in total. The van der Waals surface area contributed by atoms with Gasteiger partial charge in [-0.25, -0.2) is 4.79 Å². The van der Waals surface area contributed by atoms with Crippen LogP contribution in [0.15, 0.2) is 36.4 Å². The van der Waals surface area contributed by atoms with E-state index in [1.54, 1.807) is 12.1 Å². The Morgan fingerprint density at radius 2 is 1.81 bits per heavy atom. The van der Waals surface area contributed by atoms with Gasteiger partial charge in [0, 0.05) is 6.07 Å². The summed E-state index contributed by atoms with van der Waals surface area (Å²) in [4.78, 5) is 24.5. The molecular formula is C19H21NO6. The van der Waals surface area contributed by atoms with Gasteiger partial charge in [-0.2, -0.15) is 0 Å². The zero-order chi connectivity index (χ0) is 19.3. The molecule has 2 rings (SSSR count). The van der Waals surface area contributed by atoms with E-state index in [1.807, 2.05) is 13.0 Å². The number of amides is 1. The molecule has 0 bridgehead atoms. The predicted octanol–water partition coefficient (Wildman–Crippen LogP) is 2.90. The van der Waals surface area contributed by atoms with E-state index < -0.39 is 18.0 Å². The van der Waals surface area contributed by atoms with Gasteiger partial charge in [0.15, 0.2) is 6.10 Å². The van der Waals surface area contributed by atoms with Gasteiger partial charge >= 0.3 is 5.97 Å². The summed E-state index contributed by atoms with van der Waals surface area (Å²) in [5.41, 5.74) is 1.36. The standard InChI is InChI=1S/C19H21NO6/c1-11-5-8-17(25-4)15(9-11)20-18(22)12(2)26-19(23)14-7-6-13(24-3)10-16(14)21/h5-10,12,21H,1-4H3,(H,20,22)/t12-/m0/s1. The summed E-state index contributed by atoms with van der Waals surface area (Å²) < 4.78 is 15.3. The molecule has 2 aromatic carbocycles. The number of methoxy groups -OCH3 is 2. The van der Waals surface area contributed by atoms with Crippen molar-refractivity contribution in [3.8, 4) is 17.2 Å². The molecule has 0 aliphatic carbocycles. The van der Waals surface area contributed by atoms with Crippen molar-refractivity contribution < 1.29 is 28.9 Å². The number of benzene rings is 2. The van der Waals surface area contributed by atoms with Crippen LogP contribution in [-0.4, -0.2) is 37.3 Å². The van der Waals surface area contributed by atoms with Crippen molar-refractivity contribution in [3.63, 3.8) is 0 Å². The SMILES string of the molecule is COc1ccc(C(=O)O[C@@H](C)C(=O)Nc2cc(C)ccc2OC)c(O)c1. The molecule has 0 aromatic heterocycles. The third-order valence-corrected chi connectivity index (χ3v) is 3.69. The summed E-state index contributed by atoms with van der Waals surface area (Å²) in [6.45, 7) is 3.32. The number of rotatable bonds is 6. The van der Waals surface area contributed by atoms with Gasteiger partial charge in [0.1, 0.15) is 22.8 Å². The highest BCUT2D eigenvalue weighted by atomic mass is 16.5. The van der Waals surface area contributed by atoms with Crippen LogP contribution in [0.4, 0.5) is 5.69 Å². The first-order chi connectivity index (χ1) is 12.3. The van der Waals surface area contributed by atoms with Crippen LogP contribution in [0.5, 0.6) is 17.2 Å². The van der Waals surface area contributed by atoms with Gasteiger partial charge in [0.05, 0.1) is 19.9 Å². The van der Waals surface area contributed by atoms with Gasteiger partial charge in [-0.1, -0.05) is 6.07 Å². The maximum Gasteiger partial charge on any atom is 0.342 e. The zero-order valence-corrected chi connectivity index (χ0v) is 15.0. The van der Waals surface area contributed by atoms with Gasteiger partial charge < -0.3 is 24.6 Å². The lowest BCUT2D eigenvalue weighted by atomic mass is 10.2. The van der Waals surface area contributed by atoms with Gasteiger partial charge in [0.25, 0.3) is 5.91 Å². The van der Waals surface area contributed by atoms with Gasteiger partial charge in [0.2, 0.25) is 0 Å². The number of hydrogen-bond donors (Lipinski definition) is 2. The lowest BCUT2D eigenvalue weighted by molar-refractivity contribution is -0.123. The number of ether oxygens (including phenoxy) is 3. The number of aromatic hydroxyl groups is 1. The first kappa shape index (κ1) is 19.1. The van der Waals surface area contributed by atoms with Crippen molar-refractivity contribution in [1.29, 1.82) is 0 Å². The highest BCUT2D eigenvalue weighted by molar-refractivity contribution is 5.99.